The van der Waals surface area contributed by atoms with Gasteiger partial charge in [0.1, 0.15) is 17.1 Å². The second-order valence-corrected chi connectivity index (χ2v) is 6.93. The Hall–Kier alpha value is -2.04. The highest BCUT2D eigenvalue weighted by Gasteiger charge is 2.42. The Morgan fingerprint density at radius 3 is 1.60 bits per heavy atom. The number of hydrogen-bond donors (Lipinski definition) is 2. The Balaban J connectivity index is 2.02. The molecule has 134 valence electrons. The first-order valence-corrected chi connectivity index (χ1v) is 8.73. The summed E-state index contributed by atoms with van der Waals surface area (Å²) in [6.45, 7) is 0. The number of hydrogen-bond acceptors (Lipinski definition) is 4. The molecule has 0 atom stereocenters. The topological polar surface area (TPSA) is 58.9 Å². The maximum Gasteiger partial charge on any atom is 0.118 e. The number of ether oxygens (including phenoxy) is 2. The molecule has 4 nitrogen and oxygen atoms in total. The van der Waals surface area contributed by atoms with Crippen LogP contribution in [-0.2, 0) is 5.60 Å². The quantitative estimate of drug-likeness (QED) is 0.841. The molecule has 4 heteroatoms. The Kier molecular flexibility index (Phi) is 5.02. The van der Waals surface area contributed by atoms with Crippen molar-refractivity contribution in [2.45, 2.75) is 43.3 Å². The minimum absolute atomic E-state index is 0.276. The molecule has 1 aliphatic carbocycles. The maximum atomic E-state index is 11.7. The van der Waals surface area contributed by atoms with Crippen molar-refractivity contribution in [3.8, 4) is 11.5 Å². The predicted molar refractivity (Wildman–Crippen MR) is 97.0 cm³/mol. The molecule has 0 amide bonds. The third-order valence-electron chi connectivity index (χ3n) is 5.25. The Morgan fingerprint density at radius 1 is 0.840 bits per heavy atom. The van der Waals surface area contributed by atoms with Gasteiger partial charge in [-0.05, 0) is 48.2 Å². The summed E-state index contributed by atoms with van der Waals surface area (Å²) in [6, 6.07) is 14.8. The summed E-state index contributed by atoms with van der Waals surface area (Å²) in [6.07, 6.45) is 3.72. The monoisotopic (exact) mass is 342 g/mol. The molecule has 2 N–H and O–H groups in total. The van der Waals surface area contributed by atoms with Crippen molar-refractivity contribution < 1.29 is 19.7 Å². The van der Waals surface area contributed by atoms with Gasteiger partial charge in [-0.1, -0.05) is 37.1 Å². The molecule has 1 fully saturated rings. The van der Waals surface area contributed by atoms with Crippen LogP contribution in [0.4, 0.5) is 0 Å². The summed E-state index contributed by atoms with van der Waals surface area (Å²) in [5, 5.41) is 22.6. The van der Waals surface area contributed by atoms with Gasteiger partial charge in [0, 0.05) is 6.42 Å². The van der Waals surface area contributed by atoms with E-state index in [2.05, 4.69) is 0 Å². The van der Waals surface area contributed by atoms with Crippen molar-refractivity contribution in [2.75, 3.05) is 14.2 Å². The van der Waals surface area contributed by atoms with E-state index >= 15 is 0 Å². The van der Waals surface area contributed by atoms with Gasteiger partial charge < -0.3 is 19.7 Å². The third kappa shape index (κ3) is 3.65. The second-order valence-electron chi connectivity index (χ2n) is 6.93. The predicted octanol–water partition coefficient (Wildman–Crippen LogP) is 3.63. The minimum atomic E-state index is -1.27. The fourth-order valence-corrected chi connectivity index (χ4v) is 3.79. The van der Waals surface area contributed by atoms with E-state index in [-0.39, 0.29) is 6.42 Å². The average Bonchev–Trinajstić information content (AvgIpc) is 3.07. The molecule has 3 rings (SSSR count). The van der Waals surface area contributed by atoms with Crippen LogP contribution >= 0.6 is 0 Å². The van der Waals surface area contributed by atoms with Crippen LogP contribution in [0.1, 0.15) is 43.2 Å². The van der Waals surface area contributed by atoms with Crippen LogP contribution in [0, 0.1) is 0 Å². The number of methoxy groups -OCH3 is 2. The van der Waals surface area contributed by atoms with E-state index in [1.165, 1.54) is 0 Å². The summed E-state index contributed by atoms with van der Waals surface area (Å²) in [5.41, 5.74) is -0.607. The van der Waals surface area contributed by atoms with E-state index < -0.39 is 11.2 Å². The summed E-state index contributed by atoms with van der Waals surface area (Å²) in [5.74, 6) is 1.47. The van der Waals surface area contributed by atoms with Gasteiger partial charge in [0.15, 0.2) is 0 Å². The van der Waals surface area contributed by atoms with E-state index in [1.54, 1.807) is 14.2 Å². The van der Waals surface area contributed by atoms with Crippen LogP contribution in [0.15, 0.2) is 48.5 Å². The van der Waals surface area contributed by atoms with Crippen molar-refractivity contribution in [2.24, 2.45) is 0 Å². The number of benzene rings is 2. The fraction of sp³-hybridized carbons (Fsp3) is 0.429. The van der Waals surface area contributed by atoms with Gasteiger partial charge in [-0.25, -0.2) is 0 Å². The SMILES string of the molecule is COc1ccc(C(O)(CC2(O)CCCC2)c2ccc(OC)cc2)cc1. The lowest BCUT2D eigenvalue weighted by molar-refractivity contribution is -0.0435. The first-order chi connectivity index (χ1) is 12.0. The highest BCUT2D eigenvalue weighted by atomic mass is 16.5. The molecule has 2 aromatic carbocycles. The van der Waals surface area contributed by atoms with Crippen molar-refractivity contribution in [1.82, 2.24) is 0 Å². The molecular weight excluding hydrogens is 316 g/mol. The highest BCUT2D eigenvalue weighted by molar-refractivity contribution is 5.41. The van der Waals surface area contributed by atoms with Crippen molar-refractivity contribution in [3.05, 3.63) is 59.7 Å². The van der Waals surface area contributed by atoms with Crippen LogP contribution < -0.4 is 9.47 Å². The molecule has 0 heterocycles. The van der Waals surface area contributed by atoms with Crippen LogP contribution in [0.2, 0.25) is 0 Å². The first-order valence-electron chi connectivity index (χ1n) is 8.73. The smallest absolute Gasteiger partial charge is 0.118 e. The van der Waals surface area contributed by atoms with Gasteiger partial charge >= 0.3 is 0 Å². The van der Waals surface area contributed by atoms with Gasteiger partial charge in [-0.15, -0.1) is 0 Å². The van der Waals surface area contributed by atoms with Crippen LogP contribution in [0.25, 0.3) is 0 Å². The molecular formula is C21H26O4. The Morgan fingerprint density at radius 2 is 1.24 bits per heavy atom. The molecule has 2 aromatic rings. The minimum Gasteiger partial charge on any atom is -0.497 e. The van der Waals surface area contributed by atoms with E-state index in [0.29, 0.717) is 0 Å². The molecule has 25 heavy (non-hydrogen) atoms. The molecule has 1 aliphatic rings. The summed E-state index contributed by atoms with van der Waals surface area (Å²) < 4.78 is 10.4. The zero-order valence-corrected chi connectivity index (χ0v) is 14.9. The molecule has 0 unspecified atom stereocenters. The molecule has 0 bridgehead atoms. The summed E-state index contributed by atoms with van der Waals surface area (Å²) in [7, 11) is 3.23. The van der Waals surface area contributed by atoms with E-state index in [1.807, 2.05) is 48.5 Å². The summed E-state index contributed by atoms with van der Waals surface area (Å²) >= 11 is 0. The summed E-state index contributed by atoms with van der Waals surface area (Å²) in [4.78, 5) is 0. The third-order valence-corrected chi connectivity index (χ3v) is 5.25. The van der Waals surface area contributed by atoms with Gasteiger partial charge in [-0.3, -0.25) is 0 Å². The maximum absolute atomic E-state index is 11.7. The first kappa shape index (κ1) is 17.8. The van der Waals surface area contributed by atoms with E-state index in [0.717, 1.165) is 48.3 Å². The molecule has 1 saturated carbocycles. The molecule has 0 aromatic heterocycles. The standard InChI is InChI=1S/C21H26O4/c1-24-18-9-5-16(6-10-18)21(23,15-20(22)13-3-4-14-20)17-7-11-19(25-2)12-8-17/h5-12,22-23H,3-4,13-15H2,1-2H3. The normalized spacial score (nSPS) is 16.6. The second kappa shape index (κ2) is 7.06. The van der Waals surface area contributed by atoms with Crippen LogP contribution in [0.3, 0.4) is 0 Å². The van der Waals surface area contributed by atoms with Crippen LogP contribution in [-0.4, -0.2) is 30.0 Å². The Bertz CT molecular complexity index is 637. The number of rotatable bonds is 6. The molecule has 0 saturated heterocycles. The van der Waals surface area contributed by atoms with Gasteiger partial charge in [0.2, 0.25) is 0 Å². The van der Waals surface area contributed by atoms with Gasteiger partial charge in [0.25, 0.3) is 0 Å². The zero-order valence-electron chi connectivity index (χ0n) is 14.9. The molecule has 0 aliphatic heterocycles. The van der Waals surface area contributed by atoms with Crippen molar-refractivity contribution in [1.29, 1.82) is 0 Å². The largest absolute Gasteiger partial charge is 0.497 e. The number of aliphatic hydroxyl groups is 2. The van der Waals surface area contributed by atoms with Crippen molar-refractivity contribution in [3.63, 3.8) is 0 Å². The highest BCUT2D eigenvalue weighted by Crippen LogP contribution is 2.43. The van der Waals surface area contributed by atoms with E-state index in [9.17, 15) is 10.2 Å². The van der Waals surface area contributed by atoms with Gasteiger partial charge in [-0.2, -0.15) is 0 Å². The Labute approximate surface area is 149 Å². The molecule has 0 spiro atoms. The lowest BCUT2D eigenvalue weighted by Crippen LogP contribution is -2.38. The zero-order chi connectivity index (χ0) is 17.9. The van der Waals surface area contributed by atoms with Crippen molar-refractivity contribution >= 4 is 0 Å². The lowest BCUT2D eigenvalue weighted by atomic mass is 9.77. The average molecular weight is 342 g/mol. The molecule has 0 radical (unpaired) electrons. The fourth-order valence-electron chi connectivity index (χ4n) is 3.79. The lowest BCUT2D eigenvalue weighted by Gasteiger charge is -2.36. The van der Waals surface area contributed by atoms with Crippen LogP contribution in [0.5, 0.6) is 11.5 Å². The van der Waals surface area contributed by atoms with E-state index in [4.69, 9.17) is 9.47 Å². The van der Waals surface area contributed by atoms with Gasteiger partial charge in [0.05, 0.1) is 19.8 Å².